The van der Waals surface area contributed by atoms with E-state index in [1.165, 1.54) is 0 Å². The highest BCUT2D eigenvalue weighted by molar-refractivity contribution is 9.10. The number of rotatable bonds is 2. The predicted molar refractivity (Wildman–Crippen MR) is 50.2 cm³/mol. The summed E-state index contributed by atoms with van der Waals surface area (Å²) in [5, 5.41) is 0. The number of halogens is 6. The van der Waals surface area contributed by atoms with Crippen LogP contribution in [0.2, 0.25) is 0 Å². The molecule has 0 spiro atoms. The molecule has 1 rings (SSSR count). The zero-order chi connectivity index (χ0) is 12.5. The van der Waals surface area contributed by atoms with E-state index >= 15 is 0 Å². The topological polar surface area (TPSA) is 35.2 Å². The summed E-state index contributed by atoms with van der Waals surface area (Å²) in [5.41, 5.74) is 3.62. The van der Waals surface area contributed by atoms with Gasteiger partial charge in [0.15, 0.2) is 5.75 Å². The Kier molecular flexibility index (Phi) is 3.61. The van der Waals surface area contributed by atoms with Gasteiger partial charge in [-0.3, -0.25) is 0 Å². The second-order valence-corrected chi connectivity index (χ2v) is 3.61. The Labute approximate surface area is 95.3 Å². The van der Waals surface area contributed by atoms with Crippen LogP contribution in [0.25, 0.3) is 0 Å². The number of anilines is 1. The first-order chi connectivity index (χ1) is 7.21. The van der Waals surface area contributed by atoms with Crippen molar-refractivity contribution in [1.29, 1.82) is 0 Å². The molecule has 0 bridgehead atoms. The summed E-state index contributed by atoms with van der Waals surface area (Å²) in [7, 11) is 0. The first-order valence-corrected chi connectivity index (χ1v) is 4.62. The fourth-order valence-electron chi connectivity index (χ4n) is 0.992. The van der Waals surface area contributed by atoms with E-state index in [2.05, 4.69) is 20.7 Å². The lowest BCUT2D eigenvalue weighted by Gasteiger charge is -2.13. The minimum Gasteiger partial charge on any atom is -0.431 e. The second kappa shape index (κ2) is 4.44. The van der Waals surface area contributed by atoms with Gasteiger partial charge in [0.25, 0.3) is 0 Å². The first kappa shape index (κ1) is 13.0. The van der Waals surface area contributed by atoms with E-state index in [0.717, 1.165) is 0 Å². The van der Waals surface area contributed by atoms with Crippen molar-refractivity contribution in [2.45, 2.75) is 12.8 Å². The minimum absolute atomic E-state index is 0.278. The average Bonchev–Trinajstić information content (AvgIpc) is 2.09. The molecule has 0 fully saturated rings. The van der Waals surface area contributed by atoms with Gasteiger partial charge in [-0.05, 0) is 28.1 Å². The molecule has 0 aromatic heterocycles. The van der Waals surface area contributed by atoms with Gasteiger partial charge in [0.05, 0.1) is 15.7 Å². The smallest absolute Gasteiger partial charge is 0.416 e. The third-order valence-electron chi connectivity index (χ3n) is 1.61. The molecule has 2 N–H and O–H groups in total. The number of nitrogens with two attached hydrogens (primary N) is 1. The van der Waals surface area contributed by atoms with Crippen LogP contribution in [-0.4, -0.2) is 6.61 Å². The summed E-state index contributed by atoms with van der Waals surface area (Å²) >= 11 is 2.68. The molecule has 0 saturated carbocycles. The Balaban J connectivity index is 3.18. The highest BCUT2D eigenvalue weighted by Gasteiger charge is 2.32. The van der Waals surface area contributed by atoms with Gasteiger partial charge in [0.1, 0.15) is 0 Å². The number of benzene rings is 1. The monoisotopic (exact) mass is 305 g/mol. The SMILES string of the molecule is Nc1cc(C(F)(F)F)cc(Br)c1OC(F)F. The fourth-order valence-corrected chi connectivity index (χ4v) is 1.56. The van der Waals surface area contributed by atoms with E-state index in [9.17, 15) is 22.0 Å². The van der Waals surface area contributed by atoms with E-state index in [-0.39, 0.29) is 4.47 Å². The number of hydrogen-bond acceptors (Lipinski definition) is 2. The molecular weight excluding hydrogens is 301 g/mol. The molecule has 2 nitrogen and oxygen atoms in total. The Morgan fingerprint density at radius 3 is 2.19 bits per heavy atom. The third kappa shape index (κ3) is 2.97. The highest BCUT2D eigenvalue weighted by Crippen LogP contribution is 2.39. The van der Waals surface area contributed by atoms with Gasteiger partial charge in [-0.25, -0.2) is 0 Å². The standard InChI is InChI=1S/C8H5BrF5NO/c9-4-1-3(8(12,13)14)2-5(15)6(4)16-7(10)11/h1-2,7H,15H2. The van der Waals surface area contributed by atoms with Gasteiger partial charge in [-0.1, -0.05) is 0 Å². The lowest BCUT2D eigenvalue weighted by Crippen LogP contribution is -2.09. The Morgan fingerprint density at radius 1 is 1.25 bits per heavy atom. The maximum Gasteiger partial charge on any atom is 0.416 e. The van der Waals surface area contributed by atoms with Crippen LogP contribution in [0.1, 0.15) is 5.56 Å². The van der Waals surface area contributed by atoms with Gasteiger partial charge in [-0.15, -0.1) is 0 Å². The van der Waals surface area contributed by atoms with Crippen LogP contribution in [-0.2, 0) is 6.18 Å². The molecule has 8 heteroatoms. The highest BCUT2D eigenvalue weighted by atomic mass is 79.9. The van der Waals surface area contributed by atoms with Gasteiger partial charge < -0.3 is 10.5 Å². The van der Waals surface area contributed by atoms with Crippen molar-refractivity contribution in [3.63, 3.8) is 0 Å². The molecule has 0 atom stereocenters. The van der Waals surface area contributed by atoms with Crippen LogP contribution in [0.15, 0.2) is 16.6 Å². The van der Waals surface area contributed by atoms with Crippen molar-refractivity contribution in [2.75, 3.05) is 5.73 Å². The quantitative estimate of drug-likeness (QED) is 0.668. The summed E-state index contributed by atoms with van der Waals surface area (Å²) in [4.78, 5) is 0. The van der Waals surface area contributed by atoms with Crippen LogP contribution in [0, 0.1) is 0 Å². The number of hydrogen-bond donors (Lipinski definition) is 1. The zero-order valence-electron chi connectivity index (χ0n) is 7.49. The zero-order valence-corrected chi connectivity index (χ0v) is 9.07. The molecule has 1 aromatic rings. The van der Waals surface area contributed by atoms with Crippen LogP contribution in [0.3, 0.4) is 0 Å². The number of ether oxygens (including phenoxy) is 1. The second-order valence-electron chi connectivity index (χ2n) is 2.75. The first-order valence-electron chi connectivity index (χ1n) is 3.83. The molecule has 0 heterocycles. The summed E-state index contributed by atoms with van der Waals surface area (Å²) in [6.45, 7) is -3.16. The molecule has 90 valence electrons. The average molecular weight is 306 g/mol. The van der Waals surface area contributed by atoms with Crippen LogP contribution in [0.4, 0.5) is 27.6 Å². The molecule has 16 heavy (non-hydrogen) atoms. The lowest BCUT2D eigenvalue weighted by molar-refractivity contribution is -0.137. The maximum atomic E-state index is 12.3. The van der Waals surface area contributed by atoms with Crippen molar-refractivity contribution in [3.05, 3.63) is 22.2 Å². The lowest BCUT2D eigenvalue weighted by atomic mass is 10.2. The summed E-state index contributed by atoms with van der Waals surface area (Å²) in [5.74, 6) is -0.511. The Hall–Kier alpha value is -1.05. The van der Waals surface area contributed by atoms with E-state index in [1.54, 1.807) is 0 Å². The molecule has 0 unspecified atom stereocenters. The van der Waals surface area contributed by atoms with Crippen molar-refractivity contribution >= 4 is 21.6 Å². The van der Waals surface area contributed by atoms with Gasteiger partial charge in [0.2, 0.25) is 0 Å². The van der Waals surface area contributed by atoms with Crippen molar-refractivity contribution < 1.29 is 26.7 Å². The van der Waals surface area contributed by atoms with E-state index in [0.29, 0.717) is 12.1 Å². The van der Waals surface area contributed by atoms with Crippen molar-refractivity contribution in [3.8, 4) is 5.75 Å². The largest absolute Gasteiger partial charge is 0.431 e. The Morgan fingerprint density at radius 2 is 1.81 bits per heavy atom. The van der Waals surface area contributed by atoms with E-state index in [4.69, 9.17) is 5.73 Å². The summed E-state index contributed by atoms with van der Waals surface area (Å²) < 4.78 is 64.3. The number of alkyl halides is 5. The summed E-state index contributed by atoms with van der Waals surface area (Å²) in [6.07, 6.45) is -4.60. The fraction of sp³-hybridized carbons (Fsp3) is 0.250. The van der Waals surface area contributed by atoms with E-state index < -0.39 is 29.8 Å². The van der Waals surface area contributed by atoms with Crippen molar-refractivity contribution in [1.82, 2.24) is 0 Å². The van der Waals surface area contributed by atoms with Gasteiger partial charge in [0, 0.05) is 0 Å². The molecule has 0 aliphatic heterocycles. The molecule has 0 saturated heterocycles. The van der Waals surface area contributed by atoms with Crippen LogP contribution in [0.5, 0.6) is 5.75 Å². The molecule has 0 aliphatic rings. The third-order valence-corrected chi connectivity index (χ3v) is 2.20. The molecule has 0 amide bonds. The molecule has 1 aromatic carbocycles. The van der Waals surface area contributed by atoms with Gasteiger partial charge >= 0.3 is 12.8 Å². The normalized spacial score (nSPS) is 11.9. The predicted octanol–water partition coefficient (Wildman–Crippen LogP) is 3.65. The minimum atomic E-state index is -4.60. The van der Waals surface area contributed by atoms with Gasteiger partial charge in [-0.2, -0.15) is 22.0 Å². The Bertz CT molecular complexity index is 370. The van der Waals surface area contributed by atoms with E-state index in [1.807, 2.05) is 0 Å². The summed E-state index contributed by atoms with van der Waals surface area (Å²) in [6, 6.07) is 1.15. The number of nitrogen functional groups attached to an aromatic ring is 1. The molecule has 0 aliphatic carbocycles. The van der Waals surface area contributed by atoms with Crippen LogP contribution < -0.4 is 10.5 Å². The van der Waals surface area contributed by atoms with Crippen LogP contribution >= 0.6 is 15.9 Å². The molecule has 0 radical (unpaired) electrons. The molecular formula is C8H5BrF5NO. The maximum absolute atomic E-state index is 12.3. The van der Waals surface area contributed by atoms with Crippen molar-refractivity contribution in [2.24, 2.45) is 0 Å².